The molecule has 25 heavy (non-hydrogen) atoms. The lowest BCUT2D eigenvalue weighted by Crippen LogP contribution is -2.49. The molecule has 2 fully saturated rings. The van der Waals surface area contributed by atoms with Crippen LogP contribution >= 0.6 is 11.6 Å². The number of amides is 1. The van der Waals surface area contributed by atoms with Crippen LogP contribution in [0.3, 0.4) is 0 Å². The SMILES string of the molecule is CC1CCN(CCCCNC(=O)C2(c3cccc(Cl)c3)CCC2)CC1. The van der Waals surface area contributed by atoms with E-state index >= 15 is 0 Å². The molecule has 2 aliphatic rings. The van der Waals surface area contributed by atoms with Crippen LogP contribution in [-0.2, 0) is 10.2 Å². The van der Waals surface area contributed by atoms with E-state index in [9.17, 15) is 4.79 Å². The second kappa shape index (κ2) is 8.55. The van der Waals surface area contributed by atoms with Crippen molar-refractivity contribution in [1.82, 2.24) is 10.2 Å². The first-order chi connectivity index (χ1) is 12.1. The fourth-order valence-corrected chi connectivity index (χ4v) is 4.27. The van der Waals surface area contributed by atoms with Crippen LogP contribution in [0.15, 0.2) is 24.3 Å². The molecule has 1 aromatic rings. The molecule has 138 valence electrons. The van der Waals surface area contributed by atoms with Crippen molar-refractivity contribution in [1.29, 1.82) is 0 Å². The number of benzene rings is 1. The van der Waals surface area contributed by atoms with E-state index in [0.717, 1.165) is 43.7 Å². The molecule has 3 rings (SSSR count). The largest absolute Gasteiger partial charge is 0.355 e. The minimum absolute atomic E-state index is 0.188. The highest BCUT2D eigenvalue weighted by molar-refractivity contribution is 6.30. The molecule has 1 aliphatic heterocycles. The van der Waals surface area contributed by atoms with Gasteiger partial charge in [0, 0.05) is 11.6 Å². The highest BCUT2D eigenvalue weighted by atomic mass is 35.5. The minimum atomic E-state index is -0.339. The van der Waals surface area contributed by atoms with Crippen molar-refractivity contribution in [2.45, 2.75) is 57.3 Å². The summed E-state index contributed by atoms with van der Waals surface area (Å²) in [7, 11) is 0. The van der Waals surface area contributed by atoms with E-state index in [1.165, 1.54) is 38.9 Å². The van der Waals surface area contributed by atoms with Crippen molar-refractivity contribution in [3.63, 3.8) is 0 Å². The van der Waals surface area contributed by atoms with Gasteiger partial charge < -0.3 is 10.2 Å². The third-order valence-corrected chi connectivity index (χ3v) is 6.32. The van der Waals surface area contributed by atoms with Crippen LogP contribution in [0.1, 0.15) is 57.4 Å². The Bertz CT molecular complexity index is 577. The maximum Gasteiger partial charge on any atom is 0.230 e. The van der Waals surface area contributed by atoms with E-state index in [1.54, 1.807) is 0 Å². The van der Waals surface area contributed by atoms with Crippen LogP contribution < -0.4 is 5.32 Å². The second-order valence-corrected chi connectivity index (χ2v) is 8.37. The van der Waals surface area contributed by atoms with Gasteiger partial charge in [-0.05, 0) is 81.8 Å². The molecule has 3 nitrogen and oxygen atoms in total. The number of nitrogens with one attached hydrogen (secondary N) is 1. The molecule has 0 aromatic heterocycles. The standard InChI is InChI=1S/C21H31ClN2O/c1-17-8-14-24(15-9-17)13-3-2-12-23-20(25)21(10-5-11-21)18-6-4-7-19(22)16-18/h4,6-7,16-17H,2-3,5,8-15H2,1H3,(H,23,25). The van der Waals surface area contributed by atoms with Gasteiger partial charge in [-0.2, -0.15) is 0 Å². The molecule has 1 heterocycles. The number of carbonyl (C=O) groups is 1. The number of nitrogens with zero attached hydrogens (tertiary/aromatic N) is 1. The summed E-state index contributed by atoms with van der Waals surface area (Å²) < 4.78 is 0. The summed E-state index contributed by atoms with van der Waals surface area (Å²) in [6.07, 6.45) is 7.88. The molecule has 4 heteroatoms. The highest BCUT2D eigenvalue weighted by Gasteiger charge is 2.45. The van der Waals surface area contributed by atoms with Gasteiger partial charge >= 0.3 is 0 Å². The summed E-state index contributed by atoms with van der Waals surface area (Å²) >= 11 is 6.13. The lowest BCUT2D eigenvalue weighted by atomic mass is 9.64. The van der Waals surface area contributed by atoms with Crippen LogP contribution in [0, 0.1) is 5.92 Å². The Hall–Kier alpha value is -1.06. The average Bonchev–Trinajstić information content (AvgIpc) is 2.55. The molecule has 0 unspecified atom stereocenters. The molecule has 0 atom stereocenters. The first-order valence-electron chi connectivity index (χ1n) is 9.87. The number of likely N-dealkylation sites (tertiary alicyclic amines) is 1. The molecule has 1 saturated carbocycles. The van der Waals surface area contributed by atoms with Gasteiger partial charge in [0.2, 0.25) is 5.91 Å². The van der Waals surface area contributed by atoms with Crippen LogP contribution in [-0.4, -0.2) is 37.0 Å². The summed E-state index contributed by atoms with van der Waals surface area (Å²) in [4.78, 5) is 15.4. The van der Waals surface area contributed by atoms with Gasteiger partial charge in [0.25, 0.3) is 0 Å². The lowest BCUT2D eigenvalue weighted by molar-refractivity contribution is -0.129. The topological polar surface area (TPSA) is 32.3 Å². The number of piperidine rings is 1. The number of hydrogen-bond acceptors (Lipinski definition) is 2. The zero-order chi connectivity index (χ0) is 17.7. The fourth-order valence-electron chi connectivity index (χ4n) is 4.08. The molecule has 1 aliphatic carbocycles. The Morgan fingerprint density at radius 2 is 2.04 bits per heavy atom. The summed E-state index contributed by atoms with van der Waals surface area (Å²) in [5.41, 5.74) is 0.736. The molecular weight excluding hydrogens is 332 g/mol. The number of unbranched alkanes of at least 4 members (excludes halogenated alkanes) is 1. The first-order valence-corrected chi connectivity index (χ1v) is 10.2. The molecule has 0 radical (unpaired) electrons. The smallest absolute Gasteiger partial charge is 0.230 e. The zero-order valence-corrected chi connectivity index (χ0v) is 16.2. The molecule has 0 bridgehead atoms. The van der Waals surface area contributed by atoms with E-state index in [0.29, 0.717) is 5.02 Å². The maximum atomic E-state index is 12.8. The van der Waals surface area contributed by atoms with Crippen LogP contribution in [0.5, 0.6) is 0 Å². The number of rotatable bonds is 7. The molecule has 1 amide bonds. The van der Waals surface area contributed by atoms with Crippen molar-refractivity contribution in [2.75, 3.05) is 26.2 Å². The Morgan fingerprint density at radius 1 is 1.28 bits per heavy atom. The van der Waals surface area contributed by atoms with E-state index in [2.05, 4.69) is 17.1 Å². The van der Waals surface area contributed by atoms with E-state index in [-0.39, 0.29) is 11.3 Å². The molecular formula is C21H31ClN2O. The van der Waals surface area contributed by atoms with E-state index < -0.39 is 0 Å². The minimum Gasteiger partial charge on any atom is -0.355 e. The van der Waals surface area contributed by atoms with Gasteiger partial charge in [0.1, 0.15) is 0 Å². The van der Waals surface area contributed by atoms with Gasteiger partial charge in [-0.1, -0.05) is 37.1 Å². The number of hydrogen-bond donors (Lipinski definition) is 1. The fraction of sp³-hybridized carbons (Fsp3) is 0.667. The molecule has 1 saturated heterocycles. The Labute approximate surface area is 157 Å². The molecule has 1 aromatic carbocycles. The average molecular weight is 363 g/mol. The summed E-state index contributed by atoms with van der Waals surface area (Å²) in [5.74, 6) is 1.08. The van der Waals surface area contributed by atoms with Crippen LogP contribution in [0.4, 0.5) is 0 Å². The zero-order valence-electron chi connectivity index (χ0n) is 15.4. The van der Waals surface area contributed by atoms with Gasteiger partial charge in [-0.3, -0.25) is 4.79 Å². The Balaban J connectivity index is 1.41. The van der Waals surface area contributed by atoms with E-state index in [4.69, 9.17) is 11.6 Å². The summed E-state index contributed by atoms with van der Waals surface area (Å²) in [6.45, 7) is 6.79. The van der Waals surface area contributed by atoms with Gasteiger partial charge in [-0.15, -0.1) is 0 Å². The van der Waals surface area contributed by atoms with Crippen LogP contribution in [0.2, 0.25) is 5.02 Å². The van der Waals surface area contributed by atoms with Crippen molar-refractivity contribution >= 4 is 17.5 Å². The second-order valence-electron chi connectivity index (χ2n) is 7.93. The predicted molar refractivity (Wildman–Crippen MR) is 104 cm³/mol. The normalized spacial score (nSPS) is 20.9. The molecule has 1 N–H and O–H groups in total. The summed E-state index contributed by atoms with van der Waals surface area (Å²) in [5, 5.41) is 3.90. The highest BCUT2D eigenvalue weighted by Crippen LogP contribution is 2.44. The van der Waals surface area contributed by atoms with Gasteiger partial charge in [0.05, 0.1) is 5.41 Å². The number of halogens is 1. The van der Waals surface area contributed by atoms with Gasteiger partial charge in [0.15, 0.2) is 0 Å². The van der Waals surface area contributed by atoms with Gasteiger partial charge in [-0.25, -0.2) is 0 Å². The Morgan fingerprint density at radius 3 is 2.68 bits per heavy atom. The van der Waals surface area contributed by atoms with Crippen molar-refractivity contribution in [3.8, 4) is 0 Å². The van der Waals surface area contributed by atoms with E-state index in [1.807, 2.05) is 24.3 Å². The van der Waals surface area contributed by atoms with Crippen LogP contribution in [0.25, 0.3) is 0 Å². The quantitative estimate of drug-likeness (QED) is 0.729. The molecule has 0 spiro atoms. The van der Waals surface area contributed by atoms with Crippen molar-refractivity contribution in [2.24, 2.45) is 5.92 Å². The maximum absolute atomic E-state index is 12.8. The number of carbonyl (C=O) groups excluding carboxylic acids is 1. The van der Waals surface area contributed by atoms with Crippen molar-refractivity contribution in [3.05, 3.63) is 34.9 Å². The lowest BCUT2D eigenvalue weighted by Gasteiger charge is -2.40. The predicted octanol–water partition coefficient (Wildman–Crippen LogP) is 4.39. The first kappa shape index (κ1) is 18.7. The summed E-state index contributed by atoms with van der Waals surface area (Å²) in [6, 6.07) is 7.82. The monoisotopic (exact) mass is 362 g/mol. The van der Waals surface area contributed by atoms with Crippen molar-refractivity contribution < 1.29 is 4.79 Å². The third-order valence-electron chi connectivity index (χ3n) is 6.08. The Kier molecular flexibility index (Phi) is 6.40. The third kappa shape index (κ3) is 4.57.